The molecule has 0 aromatic heterocycles. The van der Waals surface area contributed by atoms with Gasteiger partial charge in [-0.25, -0.2) is 0 Å². The minimum absolute atomic E-state index is 0. The second-order valence-corrected chi connectivity index (χ2v) is 5.18. The predicted octanol–water partition coefficient (Wildman–Crippen LogP) is 2.25. The highest BCUT2D eigenvalue weighted by Crippen LogP contribution is 2.18. The Kier molecular flexibility index (Phi) is 6.99. The van der Waals surface area contributed by atoms with Crippen LogP contribution in [0.25, 0.3) is 0 Å². The van der Waals surface area contributed by atoms with Gasteiger partial charge in [-0.2, -0.15) is 0 Å². The number of halogens is 1. The second kappa shape index (κ2) is 8.25. The van der Waals surface area contributed by atoms with Crippen LogP contribution in [0, 0.1) is 0 Å². The van der Waals surface area contributed by atoms with E-state index in [1.54, 1.807) is 7.11 Å². The van der Waals surface area contributed by atoms with Gasteiger partial charge in [0, 0.05) is 24.8 Å². The van der Waals surface area contributed by atoms with Crippen molar-refractivity contribution in [1.82, 2.24) is 5.32 Å². The van der Waals surface area contributed by atoms with Crippen LogP contribution < -0.4 is 11.1 Å². The Labute approximate surface area is 126 Å². The number of methoxy groups -OCH3 is 1. The molecule has 1 amide bonds. The van der Waals surface area contributed by atoms with E-state index in [-0.39, 0.29) is 24.4 Å². The highest BCUT2D eigenvalue weighted by atomic mass is 35.5. The average Bonchev–Trinajstić information content (AvgIpc) is 2.42. The van der Waals surface area contributed by atoms with Gasteiger partial charge in [-0.05, 0) is 37.3 Å². The van der Waals surface area contributed by atoms with Gasteiger partial charge in [-0.1, -0.05) is 18.2 Å². The molecule has 2 rings (SSSR count). The van der Waals surface area contributed by atoms with E-state index in [9.17, 15) is 4.79 Å². The van der Waals surface area contributed by atoms with E-state index in [2.05, 4.69) is 5.32 Å². The Hall–Kier alpha value is -1.10. The van der Waals surface area contributed by atoms with Gasteiger partial charge in [0.05, 0.1) is 6.61 Å². The molecule has 1 aromatic rings. The van der Waals surface area contributed by atoms with Crippen LogP contribution in [0.2, 0.25) is 0 Å². The summed E-state index contributed by atoms with van der Waals surface area (Å²) in [5.41, 5.74) is 7.51. The summed E-state index contributed by atoms with van der Waals surface area (Å²) in [7, 11) is 1.64. The van der Waals surface area contributed by atoms with E-state index in [1.165, 1.54) is 0 Å². The average molecular weight is 299 g/mol. The minimum atomic E-state index is -0.00637. The largest absolute Gasteiger partial charge is 0.380 e. The molecule has 1 aromatic carbocycles. The van der Waals surface area contributed by atoms with Gasteiger partial charge < -0.3 is 15.8 Å². The van der Waals surface area contributed by atoms with Crippen LogP contribution in [0.15, 0.2) is 24.3 Å². The molecule has 0 aliphatic heterocycles. The number of carbonyl (C=O) groups excluding carboxylic acids is 1. The van der Waals surface area contributed by atoms with Crippen molar-refractivity contribution < 1.29 is 9.53 Å². The minimum Gasteiger partial charge on any atom is -0.380 e. The molecule has 0 radical (unpaired) electrons. The van der Waals surface area contributed by atoms with E-state index in [1.807, 2.05) is 24.3 Å². The first-order valence-electron chi connectivity index (χ1n) is 6.84. The van der Waals surface area contributed by atoms with Gasteiger partial charge in [-0.15, -0.1) is 12.4 Å². The highest BCUT2D eigenvalue weighted by Gasteiger charge is 2.21. The molecule has 1 aliphatic carbocycles. The monoisotopic (exact) mass is 298 g/mol. The molecule has 5 heteroatoms. The molecule has 1 aliphatic rings. The molecular weight excluding hydrogens is 276 g/mol. The van der Waals surface area contributed by atoms with Crippen molar-refractivity contribution in [3.63, 3.8) is 0 Å². The van der Waals surface area contributed by atoms with Crippen molar-refractivity contribution in [2.24, 2.45) is 5.73 Å². The molecule has 0 unspecified atom stereocenters. The predicted molar refractivity (Wildman–Crippen MR) is 82.1 cm³/mol. The molecule has 4 nitrogen and oxygen atoms in total. The van der Waals surface area contributed by atoms with Gasteiger partial charge in [0.2, 0.25) is 0 Å². The van der Waals surface area contributed by atoms with Crippen LogP contribution in [-0.2, 0) is 11.3 Å². The standard InChI is InChI=1S/C15H22N2O2.ClH/c1-19-10-11-4-2-3-5-14(11)15(18)17-13-8-6-12(16)7-9-13;/h2-5,12-13H,6-10,16H2,1H3,(H,17,18);1H. The fraction of sp³-hybridized carbons (Fsp3) is 0.533. The number of nitrogens with one attached hydrogen (secondary N) is 1. The lowest BCUT2D eigenvalue weighted by molar-refractivity contribution is 0.0921. The summed E-state index contributed by atoms with van der Waals surface area (Å²) < 4.78 is 5.13. The van der Waals surface area contributed by atoms with Crippen molar-refractivity contribution in [3.05, 3.63) is 35.4 Å². The van der Waals surface area contributed by atoms with Gasteiger partial charge in [0.25, 0.3) is 5.91 Å². The molecule has 3 N–H and O–H groups in total. The Morgan fingerprint density at radius 1 is 1.30 bits per heavy atom. The van der Waals surface area contributed by atoms with Crippen molar-refractivity contribution in [2.75, 3.05) is 7.11 Å². The molecule has 0 heterocycles. The summed E-state index contributed by atoms with van der Waals surface area (Å²) in [5, 5.41) is 3.10. The summed E-state index contributed by atoms with van der Waals surface area (Å²) in [6.07, 6.45) is 3.92. The van der Waals surface area contributed by atoms with Gasteiger partial charge in [-0.3, -0.25) is 4.79 Å². The maximum absolute atomic E-state index is 12.3. The van der Waals surface area contributed by atoms with Crippen molar-refractivity contribution >= 4 is 18.3 Å². The Bertz CT molecular complexity index is 432. The lowest BCUT2D eigenvalue weighted by Gasteiger charge is -2.27. The Balaban J connectivity index is 0.00000200. The maximum atomic E-state index is 12.3. The van der Waals surface area contributed by atoms with Crippen LogP contribution in [0.1, 0.15) is 41.6 Å². The first-order chi connectivity index (χ1) is 9.20. The Morgan fingerprint density at radius 2 is 1.95 bits per heavy atom. The third kappa shape index (κ3) is 4.47. The highest BCUT2D eigenvalue weighted by molar-refractivity contribution is 5.95. The van der Waals surface area contributed by atoms with Crippen LogP contribution in [-0.4, -0.2) is 25.1 Å². The van der Waals surface area contributed by atoms with Gasteiger partial charge in [0.1, 0.15) is 0 Å². The zero-order valence-electron chi connectivity index (χ0n) is 11.8. The molecule has 112 valence electrons. The number of benzene rings is 1. The quantitative estimate of drug-likeness (QED) is 0.896. The smallest absolute Gasteiger partial charge is 0.251 e. The molecule has 0 saturated heterocycles. The van der Waals surface area contributed by atoms with E-state index in [0.717, 1.165) is 31.2 Å². The van der Waals surface area contributed by atoms with Gasteiger partial charge in [0.15, 0.2) is 0 Å². The SMILES string of the molecule is COCc1ccccc1C(=O)NC1CCC(N)CC1.Cl. The first-order valence-corrected chi connectivity index (χ1v) is 6.84. The number of hydrogen-bond acceptors (Lipinski definition) is 3. The molecule has 1 saturated carbocycles. The van der Waals surface area contributed by atoms with Crippen molar-refractivity contribution in [3.8, 4) is 0 Å². The number of hydrogen-bond donors (Lipinski definition) is 2. The lowest BCUT2D eigenvalue weighted by Crippen LogP contribution is -2.40. The summed E-state index contributed by atoms with van der Waals surface area (Å²) in [6, 6.07) is 8.13. The third-order valence-electron chi connectivity index (χ3n) is 3.67. The number of nitrogens with two attached hydrogens (primary N) is 1. The zero-order valence-corrected chi connectivity index (χ0v) is 12.6. The number of rotatable bonds is 4. The topological polar surface area (TPSA) is 64.3 Å². The fourth-order valence-electron chi connectivity index (χ4n) is 2.55. The first kappa shape index (κ1) is 17.0. The van der Waals surface area contributed by atoms with E-state index < -0.39 is 0 Å². The van der Waals surface area contributed by atoms with Gasteiger partial charge >= 0.3 is 0 Å². The van der Waals surface area contributed by atoms with E-state index in [0.29, 0.717) is 18.2 Å². The summed E-state index contributed by atoms with van der Waals surface area (Å²) in [6.45, 7) is 0.457. The molecule has 20 heavy (non-hydrogen) atoms. The Morgan fingerprint density at radius 3 is 2.60 bits per heavy atom. The molecular formula is C15H23ClN2O2. The van der Waals surface area contributed by atoms with Crippen LogP contribution in [0.3, 0.4) is 0 Å². The fourth-order valence-corrected chi connectivity index (χ4v) is 2.55. The van der Waals surface area contributed by atoms with E-state index >= 15 is 0 Å². The lowest BCUT2D eigenvalue weighted by atomic mass is 9.91. The summed E-state index contributed by atoms with van der Waals surface area (Å²) >= 11 is 0. The van der Waals surface area contributed by atoms with Crippen molar-refractivity contribution in [2.45, 2.75) is 44.4 Å². The molecule has 0 bridgehead atoms. The zero-order chi connectivity index (χ0) is 13.7. The molecule has 1 fully saturated rings. The third-order valence-corrected chi connectivity index (χ3v) is 3.67. The number of carbonyl (C=O) groups is 1. The molecule has 0 spiro atoms. The number of ether oxygens (including phenoxy) is 1. The van der Waals surface area contributed by atoms with Crippen LogP contribution >= 0.6 is 12.4 Å². The maximum Gasteiger partial charge on any atom is 0.251 e. The second-order valence-electron chi connectivity index (χ2n) is 5.18. The van der Waals surface area contributed by atoms with Crippen molar-refractivity contribution in [1.29, 1.82) is 0 Å². The normalized spacial score (nSPS) is 21.9. The molecule has 0 atom stereocenters. The summed E-state index contributed by atoms with van der Waals surface area (Å²) in [5.74, 6) is -0.00637. The van der Waals surface area contributed by atoms with E-state index in [4.69, 9.17) is 10.5 Å². The van der Waals surface area contributed by atoms with Crippen LogP contribution in [0.5, 0.6) is 0 Å². The number of amides is 1. The summed E-state index contributed by atoms with van der Waals surface area (Å²) in [4.78, 5) is 12.3. The van der Waals surface area contributed by atoms with Crippen LogP contribution in [0.4, 0.5) is 0 Å².